The normalized spacial score (nSPS) is 14.0. The first kappa shape index (κ1) is 16.8. The van der Waals surface area contributed by atoms with E-state index in [1.165, 1.54) is 24.1 Å². The lowest BCUT2D eigenvalue weighted by molar-refractivity contribution is -0.130. The lowest BCUT2D eigenvalue weighted by Gasteiger charge is -2.24. The van der Waals surface area contributed by atoms with Crippen molar-refractivity contribution in [2.75, 3.05) is 31.6 Å². The topological polar surface area (TPSA) is 49.6 Å². The van der Waals surface area contributed by atoms with E-state index >= 15 is 0 Å². The highest BCUT2D eigenvalue weighted by atomic mass is 35.5. The predicted molar refractivity (Wildman–Crippen MR) is 85.3 cm³/mol. The largest absolute Gasteiger partial charge is 0.371 e. The van der Waals surface area contributed by atoms with Crippen LogP contribution in [0.4, 0.5) is 5.69 Å². The molecule has 1 aliphatic rings. The Morgan fingerprint density at radius 2 is 1.95 bits per heavy atom. The quantitative estimate of drug-likeness (QED) is 0.904. The number of carbonyl (C=O) groups excluding carboxylic acids is 1. The lowest BCUT2D eigenvalue weighted by atomic mass is 10.1. The maximum atomic E-state index is 11.8. The fourth-order valence-electron chi connectivity index (χ4n) is 2.57. The van der Waals surface area contributed by atoms with Crippen molar-refractivity contribution in [2.24, 2.45) is 5.73 Å². The van der Waals surface area contributed by atoms with Crippen LogP contribution in [0.5, 0.6) is 0 Å². The number of halogens is 1. The zero-order valence-electron chi connectivity index (χ0n) is 12.0. The van der Waals surface area contributed by atoms with Gasteiger partial charge in [-0.1, -0.05) is 18.2 Å². The summed E-state index contributed by atoms with van der Waals surface area (Å²) in [5.74, 6) is 0.110. The number of hydrogen-bond donors (Lipinski definition) is 1. The summed E-state index contributed by atoms with van der Waals surface area (Å²) in [5, 5.41) is 0. The third-order valence-electron chi connectivity index (χ3n) is 3.63. The molecule has 4 nitrogen and oxygen atoms in total. The second-order valence-electron chi connectivity index (χ2n) is 5.11. The molecule has 112 valence electrons. The molecule has 1 amide bonds. The van der Waals surface area contributed by atoms with E-state index in [1.54, 1.807) is 4.90 Å². The number of rotatable bonds is 5. The molecule has 1 aliphatic heterocycles. The predicted octanol–water partition coefficient (Wildman–Crippen LogP) is 2.02. The number of carbonyl (C=O) groups is 1. The summed E-state index contributed by atoms with van der Waals surface area (Å²) in [5.41, 5.74) is 7.92. The molecule has 0 aromatic heterocycles. The van der Waals surface area contributed by atoms with Crippen LogP contribution in [0, 0.1) is 0 Å². The molecule has 1 aromatic carbocycles. The Hall–Kier alpha value is -1.26. The Morgan fingerprint density at radius 3 is 2.60 bits per heavy atom. The monoisotopic (exact) mass is 297 g/mol. The first-order valence-corrected chi connectivity index (χ1v) is 6.99. The molecule has 1 saturated heterocycles. The SMILES string of the molecule is CN(Cc1ccccc1N1CCCC1)C(=O)CCN.Cl. The molecule has 0 spiro atoms. The highest BCUT2D eigenvalue weighted by Gasteiger charge is 2.17. The molecule has 0 atom stereocenters. The van der Waals surface area contributed by atoms with Crippen LogP contribution in [0.3, 0.4) is 0 Å². The van der Waals surface area contributed by atoms with E-state index < -0.39 is 0 Å². The number of hydrogen-bond acceptors (Lipinski definition) is 3. The number of para-hydroxylation sites is 1. The van der Waals surface area contributed by atoms with Crippen LogP contribution >= 0.6 is 12.4 Å². The molecule has 1 fully saturated rings. The fourth-order valence-corrected chi connectivity index (χ4v) is 2.57. The Labute approximate surface area is 127 Å². The van der Waals surface area contributed by atoms with Crippen molar-refractivity contribution in [2.45, 2.75) is 25.8 Å². The van der Waals surface area contributed by atoms with E-state index in [0.29, 0.717) is 19.5 Å². The standard InChI is InChI=1S/C15H23N3O.ClH/c1-17(15(19)8-9-16)12-13-6-2-3-7-14(13)18-10-4-5-11-18;/h2-3,6-7H,4-5,8-12,16H2,1H3;1H. The number of nitrogens with two attached hydrogens (primary N) is 1. The molecular formula is C15H24ClN3O. The van der Waals surface area contributed by atoms with E-state index in [9.17, 15) is 4.79 Å². The minimum atomic E-state index is 0. The zero-order valence-corrected chi connectivity index (χ0v) is 12.9. The van der Waals surface area contributed by atoms with E-state index in [2.05, 4.69) is 23.1 Å². The second-order valence-corrected chi connectivity index (χ2v) is 5.11. The van der Waals surface area contributed by atoms with Crippen molar-refractivity contribution in [1.82, 2.24) is 4.90 Å². The van der Waals surface area contributed by atoms with Crippen LogP contribution in [0.15, 0.2) is 24.3 Å². The molecular weight excluding hydrogens is 274 g/mol. The third-order valence-corrected chi connectivity index (χ3v) is 3.63. The number of nitrogens with zero attached hydrogens (tertiary/aromatic N) is 2. The zero-order chi connectivity index (χ0) is 13.7. The van der Waals surface area contributed by atoms with Gasteiger partial charge in [-0.05, 0) is 24.5 Å². The Bertz CT molecular complexity index is 433. The fraction of sp³-hybridized carbons (Fsp3) is 0.533. The van der Waals surface area contributed by atoms with Gasteiger partial charge < -0.3 is 15.5 Å². The number of amides is 1. The Kier molecular flexibility index (Phi) is 6.82. The molecule has 1 heterocycles. The van der Waals surface area contributed by atoms with Crippen molar-refractivity contribution in [3.05, 3.63) is 29.8 Å². The van der Waals surface area contributed by atoms with Gasteiger partial charge in [0.1, 0.15) is 0 Å². The van der Waals surface area contributed by atoms with E-state index in [-0.39, 0.29) is 18.3 Å². The molecule has 0 radical (unpaired) electrons. The van der Waals surface area contributed by atoms with Gasteiger partial charge in [0.15, 0.2) is 0 Å². The van der Waals surface area contributed by atoms with Crippen molar-refractivity contribution >= 4 is 24.0 Å². The van der Waals surface area contributed by atoms with Crippen molar-refractivity contribution in [1.29, 1.82) is 0 Å². The van der Waals surface area contributed by atoms with Gasteiger partial charge in [-0.2, -0.15) is 0 Å². The minimum Gasteiger partial charge on any atom is -0.371 e. The van der Waals surface area contributed by atoms with Crippen molar-refractivity contribution in [3.63, 3.8) is 0 Å². The summed E-state index contributed by atoms with van der Waals surface area (Å²) in [6.07, 6.45) is 2.94. The summed E-state index contributed by atoms with van der Waals surface area (Å²) in [6.45, 7) is 3.32. The summed E-state index contributed by atoms with van der Waals surface area (Å²) in [4.78, 5) is 16.0. The van der Waals surface area contributed by atoms with Crippen LogP contribution in [0.25, 0.3) is 0 Å². The van der Waals surface area contributed by atoms with Crippen molar-refractivity contribution < 1.29 is 4.79 Å². The maximum absolute atomic E-state index is 11.8. The first-order chi connectivity index (χ1) is 9.22. The van der Waals surface area contributed by atoms with Gasteiger partial charge in [0, 0.05) is 45.3 Å². The minimum absolute atomic E-state index is 0. The molecule has 1 aromatic rings. The summed E-state index contributed by atoms with van der Waals surface area (Å²) in [7, 11) is 1.85. The van der Waals surface area contributed by atoms with Crippen LogP contribution in [-0.2, 0) is 11.3 Å². The van der Waals surface area contributed by atoms with Gasteiger partial charge in [-0.15, -0.1) is 12.4 Å². The average molecular weight is 298 g/mol. The van der Waals surface area contributed by atoms with Crippen LogP contribution in [-0.4, -0.2) is 37.5 Å². The Balaban J connectivity index is 0.00000200. The number of benzene rings is 1. The molecule has 2 N–H and O–H groups in total. The van der Waals surface area contributed by atoms with E-state index in [0.717, 1.165) is 13.1 Å². The molecule has 0 saturated carbocycles. The summed E-state index contributed by atoms with van der Waals surface area (Å²) >= 11 is 0. The Morgan fingerprint density at radius 1 is 1.30 bits per heavy atom. The van der Waals surface area contributed by atoms with E-state index in [1.807, 2.05) is 13.1 Å². The highest BCUT2D eigenvalue weighted by molar-refractivity contribution is 5.85. The molecule has 2 rings (SSSR count). The third kappa shape index (κ3) is 4.12. The summed E-state index contributed by atoms with van der Waals surface area (Å²) < 4.78 is 0. The van der Waals surface area contributed by atoms with Crippen LogP contribution in [0.1, 0.15) is 24.8 Å². The van der Waals surface area contributed by atoms with Gasteiger partial charge in [-0.25, -0.2) is 0 Å². The van der Waals surface area contributed by atoms with Crippen molar-refractivity contribution in [3.8, 4) is 0 Å². The molecule has 0 unspecified atom stereocenters. The van der Waals surface area contributed by atoms with Gasteiger partial charge in [0.05, 0.1) is 0 Å². The van der Waals surface area contributed by atoms with Crippen LogP contribution in [0.2, 0.25) is 0 Å². The molecule has 0 bridgehead atoms. The van der Waals surface area contributed by atoms with Gasteiger partial charge in [0.25, 0.3) is 0 Å². The average Bonchev–Trinajstić information content (AvgIpc) is 2.93. The molecule has 5 heteroatoms. The van der Waals surface area contributed by atoms with Gasteiger partial charge >= 0.3 is 0 Å². The summed E-state index contributed by atoms with van der Waals surface area (Å²) in [6, 6.07) is 8.37. The van der Waals surface area contributed by atoms with Gasteiger partial charge in [-0.3, -0.25) is 4.79 Å². The number of anilines is 1. The van der Waals surface area contributed by atoms with E-state index in [4.69, 9.17) is 5.73 Å². The first-order valence-electron chi connectivity index (χ1n) is 6.99. The lowest BCUT2D eigenvalue weighted by Crippen LogP contribution is -2.29. The maximum Gasteiger partial charge on any atom is 0.223 e. The van der Waals surface area contributed by atoms with Gasteiger partial charge in [0.2, 0.25) is 5.91 Å². The molecule has 20 heavy (non-hydrogen) atoms. The molecule has 0 aliphatic carbocycles. The second kappa shape index (κ2) is 8.12. The smallest absolute Gasteiger partial charge is 0.223 e. The van der Waals surface area contributed by atoms with Crippen LogP contribution < -0.4 is 10.6 Å². The highest BCUT2D eigenvalue weighted by Crippen LogP contribution is 2.25.